The molecule has 9 nitrogen and oxygen atoms in total. The van der Waals surface area contributed by atoms with Crippen LogP contribution in [0.25, 0.3) is 0 Å². The lowest BCUT2D eigenvalue weighted by atomic mass is 10.2. The van der Waals surface area contributed by atoms with Crippen LogP contribution in [0.2, 0.25) is 0 Å². The van der Waals surface area contributed by atoms with E-state index in [0.29, 0.717) is 24.3 Å². The normalized spacial score (nSPS) is 24.6. The number of fused-ring (bicyclic) bond motifs is 1. The number of primary sulfonamides is 1. The van der Waals surface area contributed by atoms with E-state index in [-0.39, 0.29) is 15.7 Å². The highest BCUT2D eigenvalue weighted by Crippen LogP contribution is 2.47. The van der Waals surface area contributed by atoms with Crippen molar-refractivity contribution >= 4 is 45.3 Å². The molecule has 2 amide bonds. The van der Waals surface area contributed by atoms with Crippen molar-refractivity contribution in [1.29, 1.82) is 0 Å². The van der Waals surface area contributed by atoms with Crippen molar-refractivity contribution in [1.82, 2.24) is 4.90 Å². The maximum atomic E-state index is 12.3. The lowest BCUT2D eigenvalue weighted by molar-refractivity contribution is -0.155. The highest BCUT2D eigenvalue weighted by molar-refractivity contribution is 8.01. The van der Waals surface area contributed by atoms with Gasteiger partial charge >= 0.3 is 5.97 Å². The molecular formula is C16H19N3O6S2. The molecule has 0 bridgehead atoms. The van der Waals surface area contributed by atoms with Crippen molar-refractivity contribution in [2.24, 2.45) is 5.14 Å². The van der Waals surface area contributed by atoms with Gasteiger partial charge in [-0.2, -0.15) is 0 Å². The van der Waals surface area contributed by atoms with Gasteiger partial charge < -0.3 is 15.0 Å². The van der Waals surface area contributed by atoms with Crippen LogP contribution in [0, 0.1) is 0 Å². The predicted molar refractivity (Wildman–Crippen MR) is 98.1 cm³/mol. The Kier molecular flexibility index (Phi) is 5.19. The molecule has 1 aromatic rings. The zero-order valence-electron chi connectivity index (χ0n) is 14.5. The quantitative estimate of drug-likeness (QED) is 0.661. The molecule has 0 aromatic heterocycles. The Hall–Kier alpha value is -2.11. The van der Waals surface area contributed by atoms with Gasteiger partial charge in [0.05, 0.1) is 9.77 Å². The molecule has 2 fully saturated rings. The number of nitrogens with two attached hydrogens (primary N) is 1. The van der Waals surface area contributed by atoms with Crippen molar-refractivity contribution in [2.75, 3.05) is 17.7 Å². The smallest absolute Gasteiger partial charge is 0.330 e. The SMILES string of the molecule is C[C@@]12CCC(=O)N1[C@@H](C(=O)OCC(=O)Nc1ccc(S(N)(=O)=O)cc1)CS2. The molecule has 2 heterocycles. The first-order chi connectivity index (χ1) is 12.6. The zero-order valence-corrected chi connectivity index (χ0v) is 16.1. The number of amides is 2. The summed E-state index contributed by atoms with van der Waals surface area (Å²) in [5.41, 5.74) is 0.335. The van der Waals surface area contributed by atoms with E-state index in [0.717, 1.165) is 0 Å². The summed E-state index contributed by atoms with van der Waals surface area (Å²) in [5.74, 6) is -0.824. The summed E-state index contributed by atoms with van der Waals surface area (Å²) in [6.07, 6.45) is 1.09. The summed E-state index contributed by atoms with van der Waals surface area (Å²) in [4.78, 5) is 37.4. The standard InChI is InChI=1S/C16H19N3O6S2/c1-16-7-6-14(21)19(16)12(9-26-16)15(22)25-8-13(20)18-10-2-4-11(5-3-10)27(17,23)24/h2-5,12H,6-9H2,1H3,(H,18,20)(H2,17,23,24)/t12-,16-/m1/s1. The Bertz CT molecular complexity index is 886. The lowest BCUT2D eigenvalue weighted by Crippen LogP contribution is -2.47. The molecule has 3 rings (SSSR count). The minimum absolute atomic E-state index is 0.0796. The number of hydrogen-bond acceptors (Lipinski definition) is 7. The van der Waals surface area contributed by atoms with Crippen molar-refractivity contribution in [3.8, 4) is 0 Å². The van der Waals surface area contributed by atoms with Gasteiger partial charge in [-0.3, -0.25) is 9.59 Å². The Balaban J connectivity index is 1.53. The van der Waals surface area contributed by atoms with Crippen LogP contribution in [0.15, 0.2) is 29.2 Å². The number of esters is 1. The van der Waals surface area contributed by atoms with Gasteiger partial charge in [0.2, 0.25) is 15.9 Å². The monoisotopic (exact) mass is 413 g/mol. The summed E-state index contributed by atoms with van der Waals surface area (Å²) in [6, 6.07) is 4.58. The number of ether oxygens (including phenoxy) is 1. The number of hydrogen-bond donors (Lipinski definition) is 2. The Morgan fingerprint density at radius 2 is 2.04 bits per heavy atom. The van der Waals surface area contributed by atoms with Gasteiger partial charge in [0.1, 0.15) is 6.04 Å². The summed E-state index contributed by atoms with van der Waals surface area (Å²) >= 11 is 1.54. The molecule has 0 saturated carbocycles. The van der Waals surface area contributed by atoms with Crippen molar-refractivity contribution in [2.45, 2.75) is 35.6 Å². The molecule has 27 heavy (non-hydrogen) atoms. The largest absolute Gasteiger partial charge is 0.454 e. The molecular weight excluding hydrogens is 394 g/mol. The second kappa shape index (κ2) is 7.13. The Labute approximate surface area is 160 Å². The number of nitrogens with one attached hydrogen (secondary N) is 1. The fraction of sp³-hybridized carbons (Fsp3) is 0.438. The molecule has 0 radical (unpaired) electrons. The molecule has 2 atom stereocenters. The summed E-state index contributed by atoms with van der Waals surface area (Å²) in [5, 5.41) is 7.49. The molecule has 1 aromatic carbocycles. The van der Waals surface area contributed by atoms with E-state index in [1.54, 1.807) is 16.7 Å². The lowest BCUT2D eigenvalue weighted by Gasteiger charge is -2.29. The number of thioether (sulfide) groups is 1. The Morgan fingerprint density at radius 1 is 1.37 bits per heavy atom. The van der Waals surface area contributed by atoms with Gasteiger partial charge in [0, 0.05) is 17.9 Å². The van der Waals surface area contributed by atoms with Gasteiger partial charge in [-0.25, -0.2) is 18.4 Å². The van der Waals surface area contributed by atoms with Crippen LogP contribution < -0.4 is 10.5 Å². The van der Waals surface area contributed by atoms with Crippen molar-refractivity contribution < 1.29 is 27.5 Å². The highest BCUT2D eigenvalue weighted by Gasteiger charge is 2.53. The van der Waals surface area contributed by atoms with Gasteiger partial charge in [-0.1, -0.05) is 0 Å². The summed E-state index contributed by atoms with van der Waals surface area (Å²) in [7, 11) is -3.81. The van der Waals surface area contributed by atoms with Crippen LogP contribution in [0.3, 0.4) is 0 Å². The van der Waals surface area contributed by atoms with Crippen LogP contribution in [0.1, 0.15) is 19.8 Å². The van der Waals surface area contributed by atoms with E-state index in [4.69, 9.17) is 9.88 Å². The van der Waals surface area contributed by atoms with E-state index in [9.17, 15) is 22.8 Å². The maximum Gasteiger partial charge on any atom is 0.330 e. The van der Waals surface area contributed by atoms with Crippen LogP contribution in [-0.2, 0) is 29.1 Å². The number of sulfonamides is 1. The van der Waals surface area contributed by atoms with E-state index < -0.39 is 34.5 Å². The first-order valence-electron chi connectivity index (χ1n) is 8.16. The van der Waals surface area contributed by atoms with E-state index in [2.05, 4.69) is 5.32 Å². The first-order valence-corrected chi connectivity index (χ1v) is 10.7. The summed E-state index contributed by atoms with van der Waals surface area (Å²) in [6.45, 7) is 1.42. The maximum absolute atomic E-state index is 12.3. The van der Waals surface area contributed by atoms with E-state index >= 15 is 0 Å². The molecule has 0 unspecified atom stereocenters. The van der Waals surface area contributed by atoms with Crippen LogP contribution in [0.5, 0.6) is 0 Å². The van der Waals surface area contributed by atoms with Gasteiger partial charge in [0.15, 0.2) is 6.61 Å². The number of nitrogens with zero attached hydrogens (tertiary/aromatic N) is 1. The van der Waals surface area contributed by atoms with Gasteiger partial charge in [-0.05, 0) is 37.6 Å². The number of anilines is 1. The average Bonchev–Trinajstić information content (AvgIpc) is 3.09. The van der Waals surface area contributed by atoms with Crippen LogP contribution in [0.4, 0.5) is 5.69 Å². The van der Waals surface area contributed by atoms with Crippen molar-refractivity contribution in [3.63, 3.8) is 0 Å². The highest BCUT2D eigenvalue weighted by atomic mass is 32.2. The molecule has 146 valence electrons. The third-order valence-electron chi connectivity index (χ3n) is 4.53. The Morgan fingerprint density at radius 3 is 2.67 bits per heavy atom. The second-order valence-electron chi connectivity index (χ2n) is 6.49. The van der Waals surface area contributed by atoms with Crippen LogP contribution >= 0.6 is 11.8 Å². The molecule has 0 spiro atoms. The minimum Gasteiger partial charge on any atom is -0.454 e. The zero-order chi connectivity index (χ0) is 19.8. The fourth-order valence-corrected chi connectivity index (χ4v) is 5.09. The number of rotatable bonds is 5. The minimum atomic E-state index is -3.81. The van der Waals surface area contributed by atoms with Gasteiger partial charge in [0.25, 0.3) is 5.91 Å². The van der Waals surface area contributed by atoms with E-state index in [1.165, 1.54) is 24.3 Å². The fourth-order valence-electron chi connectivity index (χ4n) is 3.15. The average molecular weight is 413 g/mol. The third-order valence-corrected chi connectivity index (χ3v) is 6.96. The second-order valence-corrected chi connectivity index (χ2v) is 9.55. The first kappa shape index (κ1) is 19.6. The molecule has 2 saturated heterocycles. The van der Waals surface area contributed by atoms with Crippen molar-refractivity contribution in [3.05, 3.63) is 24.3 Å². The van der Waals surface area contributed by atoms with Crippen LogP contribution in [-0.4, -0.2) is 54.4 Å². The summed E-state index contributed by atoms with van der Waals surface area (Å²) < 4.78 is 27.5. The molecule has 2 aliphatic rings. The molecule has 0 aliphatic carbocycles. The third kappa shape index (κ3) is 4.09. The van der Waals surface area contributed by atoms with E-state index in [1.807, 2.05) is 6.92 Å². The molecule has 2 aliphatic heterocycles. The topological polar surface area (TPSA) is 136 Å². The number of carbonyl (C=O) groups excluding carboxylic acids is 3. The predicted octanol–water partition coefficient (Wildman–Crippen LogP) is 0.270. The molecule has 11 heteroatoms. The van der Waals surface area contributed by atoms with Gasteiger partial charge in [-0.15, -0.1) is 11.8 Å². The molecule has 3 N–H and O–H groups in total. The number of carbonyl (C=O) groups is 3. The number of benzene rings is 1.